The second-order valence-corrected chi connectivity index (χ2v) is 10.0. The Morgan fingerprint density at radius 2 is 1.68 bits per heavy atom. The number of nitrogens with one attached hydrogen (secondary N) is 2. The Hall–Kier alpha value is -4.41. The maximum Gasteiger partial charge on any atom is 0.416 e. The number of hydrogen-bond acceptors (Lipinski definition) is 2. The van der Waals surface area contributed by atoms with Crippen LogP contribution in [0.25, 0.3) is 10.9 Å². The molecule has 0 unspecified atom stereocenters. The SMILES string of the molecule is O=C(CN(C(=O)Nc1ccc(F)c(F)c1)C1CC1)N(CCc1c[nH]c2ccccc12)Cc1ccc(C(F)(F)F)cc1. The number of H-pyrrole nitrogens is 1. The number of nitrogens with zero attached hydrogens (tertiary/aromatic N) is 2. The molecule has 214 valence electrons. The second kappa shape index (κ2) is 11.6. The first kappa shape index (κ1) is 28.1. The predicted molar refractivity (Wildman–Crippen MR) is 144 cm³/mol. The largest absolute Gasteiger partial charge is 0.416 e. The van der Waals surface area contributed by atoms with Gasteiger partial charge in [0.15, 0.2) is 11.6 Å². The molecule has 3 amide bonds. The number of benzene rings is 3. The number of alkyl halides is 3. The first-order valence-electron chi connectivity index (χ1n) is 13.1. The van der Waals surface area contributed by atoms with Crippen LogP contribution in [0.2, 0.25) is 0 Å². The molecular weight excluding hydrogens is 543 g/mol. The molecule has 1 aliphatic rings. The molecule has 11 heteroatoms. The van der Waals surface area contributed by atoms with Crippen LogP contribution >= 0.6 is 0 Å². The summed E-state index contributed by atoms with van der Waals surface area (Å²) >= 11 is 0. The van der Waals surface area contributed by atoms with Crippen LogP contribution in [0.3, 0.4) is 0 Å². The monoisotopic (exact) mass is 570 g/mol. The lowest BCUT2D eigenvalue weighted by Crippen LogP contribution is -2.45. The van der Waals surface area contributed by atoms with Gasteiger partial charge in [-0.15, -0.1) is 0 Å². The number of rotatable bonds is 9. The highest BCUT2D eigenvalue weighted by atomic mass is 19.4. The van der Waals surface area contributed by atoms with E-state index in [9.17, 15) is 31.5 Å². The first-order valence-corrected chi connectivity index (χ1v) is 13.1. The quantitative estimate of drug-likeness (QED) is 0.219. The van der Waals surface area contributed by atoms with E-state index in [-0.39, 0.29) is 31.4 Å². The van der Waals surface area contributed by atoms with Crippen molar-refractivity contribution in [3.05, 3.63) is 101 Å². The Balaban J connectivity index is 1.33. The third kappa shape index (κ3) is 6.85. The Morgan fingerprint density at radius 1 is 0.951 bits per heavy atom. The number of urea groups is 1. The minimum absolute atomic E-state index is 0.0443. The van der Waals surface area contributed by atoms with Gasteiger partial charge in [0.25, 0.3) is 0 Å². The van der Waals surface area contributed by atoms with E-state index in [0.717, 1.165) is 40.7 Å². The van der Waals surface area contributed by atoms with Gasteiger partial charge in [0, 0.05) is 48.0 Å². The van der Waals surface area contributed by atoms with E-state index >= 15 is 0 Å². The van der Waals surface area contributed by atoms with Gasteiger partial charge >= 0.3 is 12.2 Å². The van der Waals surface area contributed by atoms with Gasteiger partial charge in [0.1, 0.15) is 6.54 Å². The Bertz CT molecular complexity index is 1550. The van der Waals surface area contributed by atoms with Gasteiger partial charge < -0.3 is 20.1 Å². The van der Waals surface area contributed by atoms with Crippen molar-refractivity contribution < 1.29 is 31.5 Å². The van der Waals surface area contributed by atoms with Crippen LogP contribution in [-0.4, -0.2) is 45.9 Å². The zero-order valence-corrected chi connectivity index (χ0v) is 21.8. The summed E-state index contributed by atoms with van der Waals surface area (Å²) in [7, 11) is 0. The average Bonchev–Trinajstić information content (AvgIpc) is 3.70. The molecule has 0 spiro atoms. The van der Waals surface area contributed by atoms with Gasteiger partial charge in [0.2, 0.25) is 5.91 Å². The van der Waals surface area contributed by atoms with Crippen LogP contribution in [-0.2, 0) is 23.9 Å². The van der Waals surface area contributed by atoms with Crippen molar-refractivity contribution in [1.82, 2.24) is 14.8 Å². The van der Waals surface area contributed by atoms with Crippen LogP contribution < -0.4 is 5.32 Å². The number of para-hydroxylation sites is 1. The number of hydrogen-bond donors (Lipinski definition) is 2. The summed E-state index contributed by atoms with van der Waals surface area (Å²) in [6.07, 6.45) is -0.771. The zero-order chi connectivity index (χ0) is 29.1. The molecule has 1 fully saturated rings. The number of carbonyl (C=O) groups is 2. The molecular formula is C30H27F5N4O2. The number of aromatic amines is 1. The van der Waals surface area contributed by atoms with Gasteiger partial charge in [-0.05, 0) is 60.7 Å². The maximum atomic E-state index is 13.6. The van der Waals surface area contributed by atoms with Crippen molar-refractivity contribution in [1.29, 1.82) is 0 Å². The molecule has 1 saturated carbocycles. The molecule has 1 heterocycles. The van der Waals surface area contributed by atoms with Crippen LogP contribution in [0.15, 0.2) is 72.9 Å². The van der Waals surface area contributed by atoms with Crippen molar-refractivity contribution in [2.24, 2.45) is 0 Å². The van der Waals surface area contributed by atoms with Crippen molar-refractivity contribution >= 4 is 28.5 Å². The van der Waals surface area contributed by atoms with Gasteiger partial charge in [-0.25, -0.2) is 13.6 Å². The minimum atomic E-state index is -4.48. The molecule has 1 aliphatic carbocycles. The van der Waals surface area contributed by atoms with E-state index < -0.39 is 35.3 Å². The lowest BCUT2D eigenvalue weighted by molar-refractivity contribution is -0.137. The molecule has 0 radical (unpaired) electrons. The molecule has 0 aliphatic heterocycles. The molecule has 6 nitrogen and oxygen atoms in total. The van der Waals surface area contributed by atoms with Crippen LogP contribution in [0.5, 0.6) is 0 Å². The standard InChI is InChI=1S/C30H27F5N4O2/c31-25-12-9-22(15-26(25)32)37-29(41)39(23-10-11-23)18-28(40)38(17-19-5-7-21(8-6-19)30(33,34)35)14-13-20-16-36-27-4-2-1-3-24(20)27/h1-9,12,15-16,23,36H,10-11,13-14,17-18H2,(H,37,41). The highest BCUT2D eigenvalue weighted by Gasteiger charge is 2.35. The van der Waals surface area contributed by atoms with E-state index in [1.54, 1.807) is 0 Å². The Kier molecular flexibility index (Phi) is 7.96. The van der Waals surface area contributed by atoms with Gasteiger partial charge in [-0.1, -0.05) is 30.3 Å². The minimum Gasteiger partial charge on any atom is -0.361 e. The molecule has 2 N–H and O–H groups in total. The van der Waals surface area contributed by atoms with Gasteiger partial charge in [-0.3, -0.25) is 4.79 Å². The van der Waals surface area contributed by atoms with E-state index in [2.05, 4.69) is 10.3 Å². The molecule has 41 heavy (non-hydrogen) atoms. The number of fused-ring (bicyclic) bond motifs is 1. The average molecular weight is 571 g/mol. The fourth-order valence-corrected chi connectivity index (χ4v) is 4.67. The van der Waals surface area contributed by atoms with Crippen LogP contribution in [0.1, 0.15) is 29.5 Å². The predicted octanol–water partition coefficient (Wildman–Crippen LogP) is 6.73. The summed E-state index contributed by atoms with van der Waals surface area (Å²) in [5.41, 5.74) is 1.69. The summed E-state index contributed by atoms with van der Waals surface area (Å²) in [6, 6.07) is 14.5. The molecule has 1 aromatic heterocycles. The van der Waals surface area contributed by atoms with E-state index in [0.29, 0.717) is 24.8 Å². The second-order valence-electron chi connectivity index (χ2n) is 10.0. The van der Waals surface area contributed by atoms with Gasteiger partial charge in [-0.2, -0.15) is 13.2 Å². The maximum absolute atomic E-state index is 13.6. The molecule has 3 aromatic carbocycles. The first-order chi connectivity index (χ1) is 19.6. The fraction of sp³-hybridized carbons (Fsp3) is 0.267. The van der Waals surface area contributed by atoms with Crippen molar-refractivity contribution in [2.75, 3.05) is 18.4 Å². The fourth-order valence-electron chi connectivity index (χ4n) is 4.67. The molecule has 0 atom stereocenters. The third-order valence-electron chi connectivity index (χ3n) is 7.06. The molecule has 5 rings (SSSR count). The number of amides is 3. The molecule has 0 bridgehead atoms. The smallest absolute Gasteiger partial charge is 0.361 e. The highest BCUT2D eigenvalue weighted by Crippen LogP contribution is 2.30. The number of aromatic nitrogens is 1. The lowest BCUT2D eigenvalue weighted by atomic mass is 10.1. The van der Waals surface area contributed by atoms with Crippen molar-refractivity contribution in [3.63, 3.8) is 0 Å². The topological polar surface area (TPSA) is 68.4 Å². The van der Waals surface area contributed by atoms with Crippen LogP contribution in [0, 0.1) is 11.6 Å². The van der Waals surface area contributed by atoms with E-state index in [4.69, 9.17) is 0 Å². The number of anilines is 1. The summed E-state index contributed by atoms with van der Waals surface area (Å²) in [5, 5.41) is 3.52. The van der Waals surface area contributed by atoms with Crippen LogP contribution in [0.4, 0.5) is 32.4 Å². The number of carbonyl (C=O) groups excluding carboxylic acids is 2. The summed E-state index contributed by atoms with van der Waals surface area (Å²) < 4.78 is 66.1. The third-order valence-corrected chi connectivity index (χ3v) is 7.06. The highest BCUT2D eigenvalue weighted by molar-refractivity contribution is 5.93. The normalized spacial score (nSPS) is 13.3. The van der Waals surface area contributed by atoms with E-state index in [1.165, 1.54) is 28.0 Å². The van der Waals surface area contributed by atoms with Crippen molar-refractivity contribution in [3.8, 4) is 0 Å². The summed E-state index contributed by atoms with van der Waals surface area (Å²) in [4.78, 5) is 32.7. The zero-order valence-electron chi connectivity index (χ0n) is 21.8. The number of halogens is 5. The lowest BCUT2D eigenvalue weighted by Gasteiger charge is -2.28. The summed E-state index contributed by atoms with van der Waals surface area (Å²) in [5.74, 6) is -2.56. The Morgan fingerprint density at radius 3 is 2.37 bits per heavy atom. The molecule has 4 aromatic rings. The molecule has 0 saturated heterocycles. The van der Waals surface area contributed by atoms with Crippen molar-refractivity contribution in [2.45, 2.75) is 38.0 Å². The summed E-state index contributed by atoms with van der Waals surface area (Å²) in [6.45, 7) is 0.0162. The van der Waals surface area contributed by atoms with E-state index in [1.807, 2.05) is 30.5 Å². The van der Waals surface area contributed by atoms with Gasteiger partial charge in [0.05, 0.1) is 5.56 Å². The Labute approximate surface area is 232 Å².